The van der Waals surface area contributed by atoms with Gasteiger partial charge >= 0.3 is 17.6 Å². The molecule has 4 rings (SSSR count). The van der Waals surface area contributed by atoms with E-state index in [4.69, 9.17) is 32.9 Å². The third-order valence-corrected chi connectivity index (χ3v) is 8.19. The van der Waals surface area contributed by atoms with E-state index in [9.17, 15) is 29.4 Å². The molecular weight excluding hydrogens is 611 g/mol. The predicted molar refractivity (Wildman–Crippen MR) is 154 cm³/mol. The molecule has 0 aliphatic carbocycles. The van der Waals surface area contributed by atoms with Crippen molar-refractivity contribution in [1.82, 2.24) is 19.7 Å². The van der Waals surface area contributed by atoms with Crippen LogP contribution in [0, 0.1) is 0 Å². The number of aliphatic hydroxyl groups is 2. The zero-order chi connectivity index (χ0) is 30.8. The molecule has 2 aromatic carbocycles. The Bertz CT molecular complexity index is 1730. The van der Waals surface area contributed by atoms with Crippen LogP contribution in [-0.2, 0) is 19.7 Å². The molecule has 0 aliphatic heterocycles. The molecule has 0 radical (unpaired) electrons. The van der Waals surface area contributed by atoms with E-state index < -0.39 is 47.4 Å². The van der Waals surface area contributed by atoms with E-state index in [0.29, 0.717) is 16.1 Å². The average molecular weight is 635 g/mol. The quantitative estimate of drug-likeness (QED) is 0.232. The van der Waals surface area contributed by atoms with Gasteiger partial charge < -0.3 is 19.7 Å². The molecule has 0 bridgehead atoms. The van der Waals surface area contributed by atoms with Crippen LogP contribution in [0.3, 0.4) is 0 Å². The number of ether oxygens (including phenoxy) is 2. The van der Waals surface area contributed by atoms with Gasteiger partial charge in [-0.05, 0) is 26.0 Å². The Morgan fingerprint density at radius 3 is 2.36 bits per heavy atom. The van der Waals surface area contributed by atoms with Gasteiger partial charge in [-0.1, -0.05) is 53.5 Å². The van der Waals surface area contributed by atoms with E-state index in [2.05, 4.69) is 14.8 Å². The number of halogens is 2. The van der Waals surface area contributed by atoms with Gasteiger partial charge in [-0.3, -0.25) is 9.78 Å². The molecule has 2 unspecified atom stereocenters. The number of hydrogen-bond acceptors (Lipinski definition) is 11. The number of nitrogens with zero attached hydrogens (tertiary/aromatic N) is 3. The summed E-state index contributed by atoms with van der Waals surface area (Å²) in [6.07, 6.45) is -2.56. The summed E-state index contributed by atoms with van der Waals surface area (Å²) in [5, 5.41) is 24.4. The van der Waals surface area contributed by atoms with Crippen molar-refractivity contribution in [2.24, 2.45) is 0 Å². The fraction of sp³-hybridized carbons (Fsp3) is 0.259. The first kappa shape index (κ1) is 31.1. The molecule has 0 spiro atoms. The number of methoxy groups -OCH3 is 1. The van der Waals surface area contributed by atoms with Crippen molar-refractivity contribution in [3.63, 3.8) is 0 Å². The minimum Gasteiger partial charge on any atom is -0.467 e. The van der Waals surface area contributed by atoms with Gasteiger partial charge in [0.25, 0.3) is 5.56 Å². The molecule has 2 aromatic heterocycles. The van der Waals surface area contributed by atoms with Crippen molar-refractivity contribution in [2.45, 2.75) is 31.5 Å². The molecule has 0 aliphatic rings. The third kappa shape index (κ3) is 6.15. The van der Waals surface area contributed by atoms with Crippen LogP contribution in [0.5, 0.6) is 0 Å². The van der Waals surface area contributed by atoms with Gasteiger partial charge in [-0.2, -0.15) is 9.78 Å². The summed E-state index contributed by atoms with van der Waals surface area (Å²) in [6, 6.07) is 11.7. The van der Waals surface area contributed by atoms with E-state index in [1.165, 1.54) is 12.1 Å². The maximum absolute atomic E-state index is 13.3. The summed E-state index contributed by atoms with van der Waals surface area (Å²) >= 11 is 14.3. The van der Waals surface area contributed by atoms with E-state index in [-0.39, 0.29) is 26.3 Å². The molecule has 42 heavy (non-hydrogen) atoms. The number of hydrogen-bond donors (Lipinski definition) is 3. The Morgan fingerprint density at radius 2 is 1.79 bits per heavy atom. The number of benzene rings is 2. The van der Waals surface area contributed by atoms with E-state index in [1.807, 2.05) is 0 Å². The zero-order valence-corrected chi connectivity index (χ0v) is 24.7. The van der Waals surface area contributed by atoms with Crippen LogP contribution in [0.2, 0.25) is 10.0 Å². The Kier molecular flexibility index (Phi) is 9.28. The Hall–Kier alpha value is -3.88. The highest BCUT2D eigenvalue weighted by molar-refractivity contribution is 7.14. The highest BCUT2D eigenvalue weighted by atomic mass is 35.5. The maximum Gasteiger partial charge on any atom is 0.351 e. The lowest BCUT2D eigenvalue weighted by atomic mass is 9.85. The minimum atomic E-state index is -1.91. The van der Waals surface area contributed by atoms with E-state index in [0.717, 1.165) is 29.3 Å². The molecule has 220 valence electrons. The van der Waals surface area contributed by atoms with Gasteiger partial charge in [-0.25, -0.2) is 19.4 Å². The molecule has 0 saturated heterocycles. The molecule has 0 amide bonds. The van der Waals surface area contributed by atoms with Crippen molar-refractivity contribution >= 4 is 46.5 Å². The predicted octanol–water partition coefficient (Wildman–Crippen LogP) is 2.73. The number of aromatic amines is 1. The van der Waals surface area contributed by atoms with Crippen LogP contribution in [0.25, 0.3) is 16.9 Å². The van der Waals surface area contributed by atoms with Gasteiger partial charge in [-0.15, -0.1) is 11.3 Å². The number of esters is 2. The molecule has 15 heteroatoms. The number of aliphatic hydroxyl groups excluding tert-OH is 2. The summed E-state index contributed by atoms with van der Waals surface area (Å²) in [5.41, 5.74) is -0.990. The molecule has 4 aromatic rings. The van der Waals surface area contributed by atoms with Gasteiger partial charge in [0, 0.05) is 26.6 Å². The monoisotopic (exact) mass is 634 g/mol. The number of rotatable bonds is 9. The van der Waals surface area contributed by atoms with Gasteiger partial charge in [0.05, 0.1) is 25.1 Å². The van der Waals surface area contributed by atoms with Crippen LogP contribution < -0.4 is 11.2 Å². The van der Waals surface area contributed by atoms with Crippen LogP contribution in [-0.4, -0.2) is 67.8 Å². The molecule has 0 saturated carbocycles. The molecule has 2 heterocycles. The average Bonchev–Trinajstić information content (AvgIpc) is 3.42. The Morgan fingerprint density at radius 1 is 1.14 bits per heavy atom. The molecule has 2 atom stereocenters. The molecule has 12 nitrogen and oxygen atoms in total. The summed E-state index contributed by atoms with van der Waals surface area (Å²) in [7, 11) is 1.05. The number of carbonyl (C=O) groups excluding carboxylic acids is 2. The Balaban J connectivity index is 1.79. The molecular formula is C27H24Cl2N4O8S. The summed E-state index contributed by atoms with van der Waals surface area (Å²) < 4.78 is 10.7. The normalized spacial score (nSPS) is 12.9. The SMILES string of the molecule is COC(=O)C(O)C(CO)OC(=O)c1sc(C(C)(C)c2c(Cl)cc(-n3ncc(=O)[nH]c3=O)cc2Cl)nc1-c1ccccc1. The molecule has 0 fully saturated rings. The lowest BCUT2D eigenvalue weighted by molar-refractivity contribution is -0.158. The highest BCUT2D eigenvalue weighted by Crippen LogP contribution is 2.44. The fourth-order valence-electron chi connectivity index (χ4n) is 4.11. The summed E-state index contributed by atoms with van der Waals surface area (Å²) in [5.74, 6) is -2.02. The first-order valence-electron chi connectivity index (χ1n) is 12.2. The fourth-order valence-corrected chi connectivity index (χ4v) is 6.13. The van der Waals surface area contributed by atoms with Crippen LogP contribution >= 0.6 is 34.5 Å². The topological polar surface area (TPSA) is 174 Å². The maximum atomic E-state index is 13.3. The standard InChI is InChI=1S/C27H24Cl2N4O8S/c1-27(2,19-15(28)9-14(10-16(19)29)33-26(39)31-18(35)11-30-33)25-32-20(13-7-5-4-6-8-13)22(42-25)24(38)41-17(12-34)21(36)23(37)40-3/h4-11,17,21,34,36H,12H2,1-3H3,(H,31,35,39). The van der Waals surface area contributed by atoms with Crippen LogP contribution in [0.15, 0.2) is 58.3 Å². The smallest absolute Gasteiger partial charge is 0.351 e. The largest absolute Gasteiger partial charge is 0.467 e. The summed E-state index contributed by atoms with van der Waals surface area (Å²) in [4.78, 5) is 55.7. The second kappa shape index (κ2) is 12.5. The Labute approximate surface area is 252 Å². The van der Waals surface area contributed by atoms with Crippen molar-refractivity contribution in [3.8, 4) is 16.9 Å². The molecule has 3 N–H and O–H groups in total. The number of aromatic nitrogens is 4. The number of H-pyrrole nitrogens is 1. The second-order valence-electron chi connectivity index (χ2n) is 9.42. The lowest BCUT2D eigenvalue weighted by Crippen LogP contribution is -2.40. The van der Waals surface area contributed by atoms with Gasteiger partial charge in [0.1, 0.15) is 16.1 Å². The van der Waals surface area contributed by atoms with Crippen LogP contribution in [0.1, 0.15) is 34.1 Å². The second-order valence-corrected chi connectivity index (χ2v) is 11.2. The number of carbonyl (C=O) groups is 2. The van der Waals surface area contributed by atoms with E-state index >= 15 is 0 Å². The first-order valence-corrected chi connectivity index (χ1v) is 13.8. The van der Waals surface area contributed by atoms with Crippen molar-refractivity contribution in [2.75, 3.05) is 13.7 Å². The van der Waals surface area contributed by atoms with Gasteiger partial charge in [0.2, 0.25) is 0 Å². The van der Waals surface area contributed by atoms with E-state index in [1.54, 1.807) is 44.2 Å². The third-order valence-electron chi connectivity index (χ3n) is 6.24. The zero-order valence-electron chi connectivity index (χ0n) is 22.3. The number of nitrogens with one attached hydrogen (secondary N) is 1. The van der Waals surface area contributed by atoms with Crippen molar-refractivity contribution in [3.05, 3.63) is 95.0 Å². The summed E-state index contributed by atoms with van der Waals surface area (Å²) in [6.45, 7) is 2.72. The minimum absolute atomic E-state index is 0.0349. The van der Waals surface area contributed by atoms with Crippen LogP contribution in [0.4, 0.5) is 0 Å². The number of thiazole rings is 1. The first-order chi connectivity index (χ1) is 19.9. The van der Waals surface area contributed by atoms with Gasteiger partial charge in [0.15, 0.2) is 12.2 Å². The highest BCUT2D eigenvalue weighted by Gasteiger charge is 2.36. The lowest BCUT2D eigenvalue weighted by Gasteiger charge is -2.26. The van der Waals surface area contributed by atoms with Crippen molar-refractivity contribution < 1.29 is 29.3 Å². The van der Waals surface area contributed by atoms with Crippen molar-refractivity contribution in [1.29, 1.82) is 0 Å².